The van der Waals surface area contributed by atoms with E-state index < -0.39 is 18.5 Å². The van der Waals surface area contributed by atoms with E-state index in [1.165, 1.54) is 12.1 Å². The Bertz CT molecular complexity index is 985. The summed E-state index contributed by atoms with van der Waals surface area (Å²) in [6.45, 7) is 1.25. The van der Waals surface area contributed by atoms with Gasteiger partial charge < -0.3 is 19.9 Å². The van der Waals surface area contributed by atoms with Crippen LogP contribution < -0.4 is 10.1 Å². The van der Waals surface area contributed by atoms with Crippen LogP contribution in [0, 0.1) is 6.92 Å². The van der Waals surface area contributed by atoms with Crippen LogP contribution in [0.25, 0.3) is 0 Å². The minimum Gasteiger partial charge on any atom is -0.508 e. The number of phenolic OH excluding ortho intramolecular Hbond substituents is 1. The van der Waals surface area contributed by atoms with Crippen molar-refractivity contribution in [3.05, 3.63) is 83.9 Å². The Morgan fingerprint density at radius 2 is 1.68 bits per heavy atom. The number of hydrogen-bond acceptors (Lipinski definition) is 5. The fraction of sp³-hybridized carbons (Fsp3) is 0.0909. The van der Waals surface area contributed by atoms with E-state index in [0.29, 0.717) is 22.7 Å². The molecule has 0 aliphatic rings. The summed E-state index contributed by atoms with van der Waals surface area (Å²) in [5.74, 6) is -0.106. The minimum atomic E-state index is -0.695. The number of aryl methyl sites for hydroxylation is 1. The number of anilines is 1. The Hall–Kier alpha value is -3.80. The SMILES string of the molecule is Cc1ccc(C(=O)OCC(=O)Nc2ccccc2Oc2ccccc2)cc1O. The fourth-order valence-corrected chi connectivity index (χ4v) is 2.41. The van der Waals surface area contributed by atoms with Gasteiger partial charge in [0.25, 0.3) is 5.91 Å². The molecule has 0 atom stereocenters. The number of esters is 1. The normalized spacial score (nSPS) is 10.2. The van der Waals surface area contributed by atoms with E-state index in [1.54, 1.807) is 49.4 Å². The first-order valence-corrected chi connectivity index (χ1v) is 8.61. The number of carbonyl (C=O) groups excluding carboxylic acids is 2. The molecule has 0 spiro atoms. The highest BCUT2D eigenvalue weighted by atomic mass is 16.5. The van der Waals surface area contributed by atoms with E-state index >= 15 is 0 Å². The summed E-state index contributed by atoms with van der Waals surface area (Å²) in [6.07, 6.45) is 0. The fourth-order valence-electron chi connectivity index (χ4n) is 2.41. The van der Waals surface area contributed by atoms with Gasteiger partial charge in [0.2, 0.25) is 0 Å². The zero-order valence-corrected chi connectivity index (χ0v) is 15.2. The van der Waals surface area contributed by atoms with Crippen LogP contribution in [0.15, 0.2) is 72.8 Å². The van der Waals surface area contributed by atoms with Gasteiger partial charge in [-0.05, 0) is 48.9 Å². The molecule has 142 valence electrons. The zero-order chi connectivity index (χ0) is 19.9. The third kappa shape index (κ3) is 4.88. The van der Waals surface area contributed by atoms with Gasteiger partial charge in [-0.3, -0.25) is 4.79 Å². The van der Waals surface area contributed by atoms with Crippen LogP contribution in [0.1, 0.15) is 15.9 Å². The second-order valence-electron chi connectivity index (χ2n) is 6.04. The monoisotopic (exact) mass is 377 g/mol. The Kier molecular flexibility index (Phi) is 5.91. The highest BCUT2D eigenvalue weighted by Crippen LogP contribution is 2.29. The molecule has 0 radical (unpaired) electrons. The molecule has 0 saturated carbocycles. The van der Waals surface area contributed by atoms with Gasteiger partial charge in [0.1, 0.15) is 11.5 Å². The van der Waals surface area contributed by atoms with E-state index in [0.717, 1.165) is 0 Å². The van der Waals surface area contributed by atoms with Gasteiger partial charge in [-0.15, -0.1) is 0 Å². The van der Waals surface area contributed by atoms with Gasteiger partial charge in [0, 0.05) is 0 Å². The lowest BCUT2D eigenvalue weighted by Gasteiger charge is -2.12. The second kappa shape index (κ2) is 8.73. The number of rotatable bonds is 6. The highest BCUT2D eigenvalue weighted by molar-refractivity contribution is 5.96. The number of amides is 1. The van der Waals surface area contributed by atoms with Crippen molar-refractivity contribution in [2.45, 2.75) is 6.92 Å². The van der Waals surface area contributed by atoms with Crippen LogP contribution in [0.5, 0.6) is 17.2 Å². The number of para-hydroxylation sites is 3. The molecule has 0 aliphatic carbocycles. The van der Waals surface area contributed by atoms with Crippen LogP contribution >= 0.6 is 0 Å². The van der Waals surface area contributed by atoms with E-state index in [4.69, 9.17) is 9.47 Å². The molecule has 3 aromatic rings. The van der Waals surface area contributed by atoms with Crippen LogP contribution in [0.4, 0.5) is 5.69 Å². The topological polar surface area (TPSA) is 84.9 Å². The van der Waals surface area contributed by atoms with Crippen molar-refractivity contribution < 1.29 is 24.2 Å². The lowest BCUT2D eigenvalue weighted by Crippen LogP contribution is -2.21. The average molecular weight is 377 g/mol. The lowest BCUT2D eigenvalue weighted by atomic mass is 10.1. The molecular weight excluding hydrogens is 358 g/mol. The summed E-state index contributed by atoms with van der Waals surface area (Å²) in [4.78, 5) is 24.2. The average Bonchev–Trinajstić information content (AvgIpc) is 2.70. The molecule has 0 fully saturated rings. The second-order valence-corrected chi connectivity index (χ2v) is 6.04. The van der Waals surface area contributed by atoms with Crippen LogP contribution in [0.3, 0.4) is 0 Å². The third-order valence-electron chi connectivity index (χ3n) is 3.91. The molecule has 6 heteroatoms. The van der Waals surface area contributed by atoms with Crippen molar-refractivity contribution in [2.24, 2.45) is 0 Å². The molecule has 0 aromatic heterocycles. The highest BCUT2D eigenvalue weighted by Gasteiger charge is 2.13. The molecule has 2 N–H and O–H groups in total. The van der Waals surface area contributed by atoms with Crippen LogP contribution in [0.2, 0.25) is 0 Å². The molecule has 6 nitrogen and oxygen atoms in total. The predicted molar refractivity (Wildman–Crippen MR) is 105 cm³/mol. The molecule has 0 heterocycles. The smallest absolute Gasteiger partial charge is 0.338 e. The van der Waals surface area contributed by atoms with Gasteiger partial charge in [0.15, 0.2) is 12.4 Å². The Labute approximate surface area is 162 Å². The molecule has 3 rings (SSSR count). The van der Waals surface area contributed by atoms with Crippen LogP contribution in [-0.2, 0) is 9.53 Å². The number of phenols is 1. The van der Waals surface area contributed by atoms with Gasteiger partial charge in [-0.25, -0.2) is 4.79 Å². The van der Waals surface area contributed by atoms with Crippen molar-refractivity contribution in [3.8, 4) is 17.2 Å². The molecular formula is C22H19NO5. The Balaban J connectivity index is 1.60. The standard InChI is InChI=1S/C22H19NO5/c1-15-11-12-16(13-19(15)24)22(26)27-14-21(25)23-18-9-5-6-10-20(18)28-17-7-3-2-4-8-17/h2-13,24H,14H2,1H3,(H,23,25). The lowest BCUT2D eigenvalue weighted by molar-refractivity contribution is -0.119. The van der Waals surface area contributed by atoms with E-state index in [1.807, 2.05) is 18.2 Å². The molecule has 0 aliphatic heterocycles. The first-order valence-electron chi connectivity index (χ1n) is 8.61. The Morgan fingerprint density at radius 1 is 0.964 bits per heavy atom. The van der Waals surface area contributed by atoms with Crippen molar-refractivity contribution in [3.63, 3.8) is 0 Å². The number of hydrogen-bond donors (Lipinski definition) is 2. The quantitative estimate of drug-likeness (QED) is 0.626. The maximum absolute atomic E-state index is 12.2. The first kappa shape index (κ1) is 19.0. The first-order chi connectivity index (χ1) is 13.5. The van der Waals surface area contributed by atoms with Gasteiger partial charge >= 0.3 is 5.97 Å². The van der Waals surface area contributed by atoms with Crippen molar-refractivity contribution >= 4 is 17.6 Å². The number of ether oxygens (including phenoxy) is 2. The van der Waals surface area contributed by atoms with Crippen molar-refractivity contribution in [2.75, 3.05) is 11.9 Å². The summed E-state index contributed by atoms with van der Waals surface area (Å²) in [5.41, 5.74) is 1.27. The van der Waals surface area contributed by atoms with Crippen LogP contribution in [-0.4, -0.2) is 23.6 Å². The summed E-state index contributed by atoms with van der Waals surface area (Å²) in [7, 11) is 0. The molecule has 0 unspecified atom stereocenters. The molecule has 3 aromatic carbocycles. The molecule has 1 amide bonds. The number of nitrogens with one attached hydrogen (secondary N) is 1. The van der Waals surface area contributed by atoms with E-state index in [-0.39, 0.29) is 11.3 Å². The van der Waals surface area contributed by atoms with E-state index in [9.17, 15) is 14.7 Å². The number of benzene rings is 3. The summed E-state index contributed by atoms with van der Waals surface area (Å²) in [6, 6.07) is 20.6. The molecule has 0 bridgehead atoms. The van der Waals surface area contributed by atoms with Gasteiger partial charge in [-0.1, -0.05) is 36.4 Å². The summed E-state index contributed by atoms with van der Waals surface area (Å²) < 4.78 is 10.8. The third-order valence-corrected chi connectivity index (χ3v) is 3.91. The summed E-state index contributed by atoms with van der Waals surface area (Å²) in [5, 5.41) is 12.3. The maximum Gasteiger partial charge on any atom is 0.338 e. The largest absolute Gasteiger partial charge is 0.508 e. The summed E-state index contributed by atoms with van der Waals surface area (Å²) >= 11 is 0. The minimum absolute atomic E-state index is 0.00844. The van der Waals surface area contributed by atoms with Crippen molar-refractivity contribution in [1.82, 2.24) is 0 Å². The van der Waals surface area contributed by atoms with Crippen molar-refractivity contribution in [1.29, 1.82) is 0 Å². The van der Waals surface area contributed by atoms with Gasteiger partial charge in [0.05, 0.1) is 11.3 Å². The molecule has 28 heavy (non-hydrogen) atoms. The molecule has 0 saturated heterocycles. The number of aromatic hydroxyl groups is 1. The van der Waals surface area contributed by atoms with E-state index in [2.05, 4.69) is 5.32 Å². The maximum atomic E-state index is 12.2. The zero-order valence-electron chi connectivity index (χ0n) is 15.2. The predicted octanol–water partition coefficient (Wildman–Crippen LogP) is 4.29. The number of carbonyl (C=O) groups is 2. The Morgan fingerprint density at radius 3 is 2.43 bits per heavy atom. The van der Waals surface area contributed by atoms with Gasteiger partial charge in [-0.2, -0.15) is 0 Å².